The minimum Gasteiger partial charge on any atom is -0.497 e. The van der Waals surface area contributed by atoms with E-state index in [0.717, 1.165) is 17.1 Å². The maximum absolute atomic E-state index is 13.1. The second-order valence-electron chi connectivity index (χ2n) is 9.82. The topological polar surface area (TPSA) is 56.8 Å². The lowest BCUT2D eigenvalue weighted by Gasteiger charge is -2.38. The van der Waals surface area contributed by atoms with Crippen LogP contribution in [0.4, 0.5) is 0 Å². The fourth-order valence-electron chi connectivity index (χ4n) is 3.87. The molecule has 5 nitrogen and oxygen atoms in total. The number of rotatable bonds is 6. The maximum atomic E-state index is 13.1. The highest BCUT2D eigenvalue weighted by atomic mass is 16.5. The van der Waals surface area contributed by atoms with E-state index in [4.69, 9.17) is 14.2 Å². The van der Waals surface area contributed by atoms with E-state index in [1.54, 1.807) is 7.11 Å². The fraction of sp³-hybridized carbons (Fsp3) is 0.500. The second kappa shape index (κ2) is 8.81. The molecule has 31 heavy (non-hydrogen) atoms. The zero-order valence-electron chi connectivity index (χ0n) is 19.7. The van der Waals surface area contributed by atoms with Gasteiger partial charge in [-0.25, -0.2) is 0 Å². The van der Waals surface area contributed by atoms with E-state index >= 15 is 0 Å². The van der Waals surface area contributed by atoms with Crippen molar-refractivity contribution >= 4 is 5.91 Å². The van der Waals surface area contributed by atoms with E-state index < -0.39 is 11.7 Å². The van der Waals surface area contributed by atoms with E-state index in [2.05, 4.69) is 38.2 Å². The summed E-state index contributed by atoms with van der Waals surface area (Å²) in [5.74, 6) is 2.06. The first-order valence-electron chi connectivity index (χ1n) is 11.0. The Kier molecular flexibility index (Phi) is 6.54. The Hall–Kier alpha value is -2.69. The molecule has 2 atom stereocenters. The lowest BCUT2D eigenvalue weighted by Crippen LogP contribution is -2.45. The third-order valence-electron chi connectivity index (χ3n) is 5.66. The fourth-order valence-corrected chi connectivity index (χ4v) is 3.87. The van der Waals surface area contributed by atoms with Crippen LogP contribution >= 0.6 is 0 Å². The molecule has 3 rings (SSSR count). The Balaban J connectivity index is 1.75. The quantitative estimate of drug-likeness (QED) is 0.657. The summed E-state index contributed by atoms with van der Waals surface area (Å²) in [5.41, 5.74) is 1.86. The summed E-state index contributed by atoms with van der Waals surface area (Å²) in [5, 5.41) is 3.19. The molecular weight excluding hydrogens is 390 g/mol. The standard InChI is InChI=1S/C26H35NO4/c1-8-22(30-18-11-9-17(10-12-18)25(2,3)4)24(28)27-21-16-26(5,6)31-23-15-19(29-7)13-14-20(21)23/h9-15,21-22H,8,16H2,1-7H3,(H,27,28)/t21-,22+/m1/s1. The lowest BCUT2D eigenvalue weighted by molar-refractivity contribution is -0.129. The molecule has 1 amide bonds. The zero-order chi connectivity index (χ0) is 22.8. The molecule has 0 aromatic heterocycles. The first kappa shape index (κ1) is 23.0. The number of hydrogen-bond acceptors (Lipinski definition) is 4. The molecule has 0 fully saturated rings. The first-order valence-corrected chi connectivity index (χ1v) is 11.0. The number of benzene rings is 2. The maximum Gasteiger partial charge on any atom is 0.261 e. The van der Waals surface area contributed by atoms with Crippen molar-refractivity contribution in [2.45, 2.75) is 77.5 Å². The monoisotopic (exact) mass is 425 g/mol. The van der Waals surface area contributed by atoms with Crippen LogP contribution in [-0.4, -0.2) is 24.7 Å². The van der Waals surface area contributed by atoms with E-state index in [0.29, 0.717) is 18.6 Å². The zero-order valence-corrected chi connectivity index (χ0v) is 19.7. The van der Waals surface area contributed by atoms with Gasteiger partial charge >= 0.3 is 0 Å². The van der Waals surface area contributed by atoms with Gasteiger partial charge < -0.3 is 19.5 Å². The largest absolute Gasteiger partial charge is 0.497 e. The van der Waals surface area contributed by atoms with Gasteiger partial charge in [0, 0.05) is 18.1 Å². The highest BCUT2D eigenvalue weighted by molar-refractivity contribution is 5.81. The number of nitrogens with one attached hydrogen (secondary N) is 1. The van der Waals surface area contributed by atoms with Crippen LogP contribution in [0.15, 0.2) is 42.5 Å². The predicted molar refractivity (Wildman–Crippen MR) is 123 cm³/mol. The normalized spacial score (nSPS) is 18.4. The van der Waals surface area contributed by atoms with Crippen molar-refractivity contribution in [1.82, 2.24) is 5.32 Å². The summed E-state index contributed by atoms with van der Waals surface area (Å²) in [6.45, 7) is 12.5. The number of carbonyl (C=O) groups is 1. The smallest absolute Gasteiger partial charge is 0.261 e. The SMILES string of the molecule is CC[C@H](Oc1ccc(C(C)(C)C)cc1)C(=O)N[C@@H]1CC(C)(C)Oc2cc(OC)ccc21. The Morgan fingerprint density at radius 2 is 1.81 bits per heavy atom. The summed E-state index contributed by atoms with van der Waals surface area (Å²) < 4.78 is 17.5. The van der Waals surface area contributed by atoms with Gasteiger partial charge in [0.15, 0.2) is 6.10 Å². The van der Waals surface area contributed by atoms with Crippen molar-refractivity contribution in [3.63, 3.8) is 0 Å². The van der Waals surface area contributed by atoms with Crippen LogP contribution in [0.25, 0.3) is 0 Å². The number of methoxy groups -OCH3 is 1. The molecule has 1 heterocycles. The van der Waals surface area contributed by atoms with E-state index in [-0.39, 0.29) is 17.4 Å². The molecule has 168 valence electrons. The minimum atomic E-state index is -0.562. The van der Waals surface area contributed by atoms with Crippen molar-refractivity contribution in [1.29, 1.82) is 0 Å². The van der Waals surface area contributed by atoms with Gasteiger partial charge in [-0.3, -0.25) is 4.79 Å². The summed E-state index contributed by atoms with van der Waals surface area (Å²) >= 11 is 0. The van der Waals surface area contributed by atoms with Crippen LogP contribution in [0.5, 0.6) is 17.2 Å². The molecule has 0 saturated heterocycles. The molecule has 0 bridgehead atoms. The lowest BCUT2D eigenvalue weighted by atomic mass is 9.87. The molecule has 2 aromatic rings. The molecule has 5 heteroatoms. The van der Waals surface area contributed by atoms with Crippen molar-refractivity contribution < 1.29 is 19.0 Å². The molecule has 0 spiro atoms. The summed E-state index contributed by atoms with van der Waals surface area (Å²) in [6, 6.07) is 13.6. The highest BCUT2D eigenvalue weighted by Crippen LogP contribution is 2.41. The molecule has 0 saturated carbocycles. The van der Waals surface area contributed by atoms with Gasteiger partial charge in [-0.05, 0) is 55.5 Å². The molecule has 2 aromatic carbocycles. The van der Waals surface area contributed by atoms with Crippen LogP contribution < -0.4 is 19.5 Å². The average molecular weight is 426 g/mol. The number of amides is 1. The van der Waals surface area contributed by atoms with Crippen LogP contribution in [0, 0.1) is 0 Å². The minimum absolute atomic E-state index is 0.0754. The summed E-state index contributed by atoms with van der Waals surface area (Å²) in [7, 11) is 1.63. The van der Waals surface area contributed by atoms with Crippen LogP contribution in [-0.2, 0) is 10.2 Å². The third kappa shape index (κ3) is 5.52. The first-order chi connectivity index (χ1) is 14.5. The van der Waals surface area contributed by atoms with E-state index in [1.165, 1.54) is 5.56 Å². The molecule has 0 radical (unpaired) electrons. The molecule has 1 N–H and O–H groups in total. The number of hydrogen-bond donors (Lipinski definition) is 1. The molecule has 0 unspecified atom stereocenters. The summed E-state index contributed by atoms with van der Waals surface area (Å²) in [6.07, 6.45) is 0.692. The van der Waals surface area contributed by atoms with Gasteiger partial charge in [0.2, 0.25) is 0 Å². The van der Waals surface area contributed by atoms with Crippen molar-refractivity contribution in [2.75, 3.05) is 7.11 Å². The van der Waals surface area contributed by atoms with Crippen LogP contribution in [0.3, 0.4) is 0 Å². The van der Waals surface area contributed by atoms with Crippen LogP contribution in [0.1, 0.15) is 71.6 Å². The number of fused-ring (bicyclic) bond motifs is 1. The van der Waals surface area contributed by atoms with Gasteiger partial charge in [-0.1, -0.05) is 39.8 Å². The number of carbonyl (C=O) groups excluding carboxylic acids is 1. The Bertz CT molecular complexity index is 912. The van der Waals surface area contributed by atoms with E-state index in [1.807, 2.05) is 51.1 Å². The molecular formula is C26H35NO4. The van der Waals surface area contributed by atoms with Gasteiger partial charge in [-0.15, -0.1) is 0 Å². The molecule has 0 aliphatic carbocycles. The Morgan fingerprint density at radius 1 is 1.16 bits per heavy atom. The van der Waals surface area contributed by atoms with Gasteiger partial charge in [-0.2, -0.15) is 0 Å². The van der Waals surface area contributed by atoms with Crippen LogP contribution in [0.2, 0.25) is 0 Å². The van der Waals surface area contributed by atoms with Crippen molar-refractivity contribution in [3.05, 3.63) is 53.6 Å². The molecule has 1 aliphatic rings. The average Bonchev–Trinajstić information content (AvgIpc) is 2.70. The van der Waals surface area contributed by atoms with Gasteiger partial charge in [0.05, 0.1) is 13.2 Å². The third-order valence-corrected chi connectivity index (χ3v) is 5.66. The van der Waals surface area contributed by atoms with Gasteiger partial charge in [0.1, 0.15) is 22.8 Å². The van der Waals surface area contributed by atoms with E-state index in [9.17, 15) is 4.79 Å². The van der Waals surface area contributed by atoms with Crippen molar-refractivity contribution in [2.24, 2.45) is 0 Å². The van der Waals surface area contributed by atoms with Gasteiger partial charge in [0.25, 0.3) is 5.91 Å². The Labute approximate surface area is 186 Å². The second-order valence-corrected chi connectivity index (χ2v) is 9.82. The predicted octanol–water partition coefficient (Wildman–Crippen LogP) is 5.57. The highest BCUT2D eigenvalue weighted by Gasteiger charge is 2.36. The Morgan fingerprint density at radius 3 is 2.39 bits per heavy atom. The number of ether oxygens (including phenoxy) is 3. The van der Waals surface area contributed by atoms with Crippen molar-refractivity contribution in [3.8, 4) is 17.2 Å². The molecule has 1 aliphatic heterocycles. The summed E-state index contributed by atoms with van der Waals surface area (Å²) in [4.78, 5) is 13.1.